The molecule has 2 aliphatic rings. The van der Waals surface area contributed by atoms with E-state index in [9.17, 15) is 9.59 Å². The zero-order chi connectivity index (χ0) is 29.5. The standard InChI is InChI=1S/C31H29Cl2N5O4/c1-3-22-16-42-7-6-37(22)31(40)28-24-5-4-17-9-27(41-2)25(18-8-19(30(34)39)15-35-14-18)13-26(17)29(24)38(36-28)23-11-20(32)10-21(33)12-23/h8-15,22H,3-7,16H2,1-2H3,(H2,34,39). The predicted molar refractivity (Wildman–Crippen MR) is 161 cm³/mol. The summed E-state index contributed by atoms with van der Waals surface area (Å²) < 4.78 is 13.2. The van der Waals surface area contributed by atoms with Crippen LogP contribution in [0, 0.1) is 0 Å². The number of aromatic nitrogens is 3. The molecule has 1 aliphatic carbocycles. The van der Waals surface area contributed by atoms with Gasteiger partial charge in [0.1, 0.15) is 5.75 Å². The maximum atomic E-state index is 14.1. The van der Waals surface area contributed by atoms with E-state index in [-0.39, 0.29) is 17.5 Å². The molecule has 0 bridgehead atoms. The summed E-state index contributed by atoms with van der Waals surface area (Å²) in [6, 6.07) is 10.9. The second-order valence-corrected chi connectivity index (χ2v) is 11.3. The second kappa shape index (κ2) is 11.4. The Morgan fingerprint density at radius 2 is 1.86 bits per heavy atom. The average Bonchev–Trinajstić information content (AvgIpc) is 3.40. The molecule has 2 aromatic carbocycles. The van der Waals surface area contributed by atoms with Crippen LogP contribution in [0.3, 0.4) is 0 Å². The lowest BCUT2D eigenvalue weighted by Crippen LogP contribution is -2.48. The summed E-state index contributed by atoms with van der Waals surface area (Å²) in [6.07, 6.45) is 5.16. The van der Waals surface area contributed by atoms with Gasteiger partial charge in [-0.25, -0.2) is 4.68 Å². The van der Waals surface area contributed by atoms with Crippen LogP contribution in [-0.4, -0.2) is 64.4 Å². The molecule has 1 fully saturated rings. The lowest BCUT2D eigenvalue weighted by Gasteiger charge is -2.34. The first-order valence-corrected chi connectivity index (χ1v) is 14.5. The summed E-state index contributed by atoms with van der Waals surface area (Å²) in [5.41, 5.74) is 11.8. The maximum Gasteiger partial charge on any atom is 0.275 e. The molecule has 0 radical (unpaired) electrons. The monoisotopic (exact) mass is 605 g/mol. The van der Waals surface area contributed by atoms with E-state index in [2.05, 4.69) is 11.9 Å². The Morgan fingerprint density at radius 1 is 1.07 bits per heavy atom. The Kier molecular flexibility index (Phi) is 7.66. The number of amides is 2. The van der Waals surface area contributed by atoms with E-state index in [0.717, 1.165) is 34.4 Å². The zero-order valence-corrected chi connectivity index (χ0v) is 24.7. The molecule has 1 aliphatic heterocycles. The van der Waals surface area contributed by atoms with Gasteiger partial charge in [0.05, 0.1) is 43.3 Å². The number of methoxy groups -OCH3 is 1. The van der Waals surface area contributed by atoms with E-state index in [4.69, 9.17) is 43.5 Å². The van der Waals surface area contributed by atoms with Gasteiger partial charge < -0.3 is 20.1 Å². The highest BCUT2D eigenvalue weighted by molar-refractivity contribution is 6.34. The number of benzene rings is 2. The molecule has 1 unspecified atom stereocenters. The summed E-state index contributed by atoms with van der Waals surface area (Å²) in [7, 11) is 1.60. The van der Waals surface area contributed by atoms with E-state index < -0.39 is 5.91 Å². The predicted octanol–water partition coefficient (Wildman–Crippen LogP) is 5.37. The molecule has 1 atom stereocenters. The molecule has 4 aromatic rings. The van der Waals surface area contributed by atoms with Crippen molar-refractivity contribution in [1.82, 2.24) is 19.7 Å². The highest BCUT2D eigenvalue weighted by Crippen LogP contribution is 2.43. The van der Waals surface area contributed by atoms with Crippen molar-refractivity contribution in [3.8, 4) is 33.8 Å². The van der Waals surface area contributed by atoms with E-state index in [0.29, 0.717) is 65.3 Å². The molecule has 0 saturated carbocycles. The molecule has 1 saturated heterocycles. The van der Waals surface area contributed by atoms with E-state index >= 15 is 0 Å². The topological polar surface area (TPSA) is 113 Å². The Morgan fingerprint density at radius 3 is 2.57 bits per heavy atom. The number of halogens is 2. The van der Waals surface area contributed by atoms with Gasteiger partial charge in [-0.2, -0.15) is 5.10 Å². The number of carbonyl (C=O) groups excluding carboxylic acids is 2. The van der Waals surface area contributed by atoms with Gasteiger partial charge in [0.15, 0.2) is 5.69 Å². The number of nitrogens with zero attached hydrogens (tertiary/aromatic N) is 4. The number of hydrogen-bond acceptors (Lipinski definition) is 6. The van der Waals surface area contributed by atoms with Gasteiger partial charge in [-0.15, -0.1) is 0 Å². The van der Waals surface area contributed by atoms with Crippen molar-refractivity contribution in [2.24, 2.45) is 5.73 Å². The Balaban J connectivity index is 1.58. The number of rotatable bonds is 6. The van der Waals surface area contributed by atoms with Crippen LogP contribution in [0.1, 0.15) is 45.3 Å². The van der Waals surface area contributed by atoms with Gasteiger partial charge in [0.2, 0.25) is 5.91 Å². The van der Waals surface area contributed by atoms with Crippen LogP contribution in [0.25, 0.3) is 28.1 Å². The highest BCUT2D eigenvalue weighted by Gasteiger charge is 2.35. The number of nitrogens with two attached hydrogens (primary N) is 1. The molecule has 6 rings (SSSR count). The van der Waals surface area contributed by atoms with Gasteiger partial charge in [0.25, 0.3) is 5.91 Å². The fourth-order valence-electron chi connectivity index (χ4n) is 5.81. The van der Waals surface area contributed by atoms with Gasteiger partial charge >= 0.3 is 0 Å². The normalized spacial score (nSPS) is 16.1. The van der Waals surface area contributed by atoms with Crippen molar-refractivity contribution in [3.63, 3.8) is 0 Å². The minimum atomic E-state index is -0.573. The maximum absolute atomic E-state index is 14.1. The molecule has 9 nitrogen and oxygen atoms in total. The average molecular weight is 607 g/mol. The summed E-state index contributed by atoms with van der Waals surface area (Å²) in [5, 5.41) is 5.84. The van der Waals surface area contributed by atoms with Crippen molar-refractivity contribution >= 4 is 35.0 Å². The smallest absolute Gasteiger partial charge is 0.275 e. The summed E-state index contributed by atoms with van der Waals surface area (Å²) in [5.74, 6) is -0.0622. The van der Waals surface area contributed by atoms with Gasteiger partial charge in [-0.1, -0.05) is 30.1 Å². The van der Waals surface area contributed by atoms with E-state index in [1.165, 1.54) is 6.20 Å². The molecule has 2 amide bonds. The third kappa shape index (κ3) is 5.02. The van der Waals surface area contributed by atoms with Gasteiger partial charge in [-0.3, -0.25) is 14.6 Å². The molecule has 11 heteroatoms. The van der Waals surface area contributed by atoms with Crippen molar-refractivity contribution in [3.05, 3.63) is 81.2 Å². The first-order chi connectivity index (χ1) is 20.3. The van der Waals surface area contributed by atoms with Gasteiger partial charge in [-0.05, 0) is 61.2 Å². The lowest BCUT2D eigenvalue weighted by atomic mass is 9.86. The lowest BCUT2D eigenvalue weighted by molar-refractivity contribution is -0.00318. The summed E-state index contributed by atoms with van der Waals surface area (Å²) >= 11 is 12.8. The second-order valence-electron chi connectivity index (χ2n) is 10.4. The molecular formula is C31H29Cl2N5O4. The van der Waals surface area contributed by atoms with Crippen LogP contribution in [0.5, 0.6) is 5.75 Å². The van der Waals surface area contributed by atoms with Crippen LogP contribution in [0.15, 0.2) is 48.8 Å². The van der Waals surface area contributed by atoms with Crippen molar-refractivity contribution in [2.75, 3.05) is 26.9 Å². The van der Waals surface area contributed by atoms with Crippen molar-refractivity contribution in [1.29, 1.82) is 0 Å². The zero-order valence-electron chi connectivity index (χ0n) is 23.2. The first-order valence-electron chi connectivity index (χ1n) is 13.7. The van der Waals surface area contributed by atoms with Crippen LogP contribution >= 0.6 is 23.2 Å². The molecule has 0 spiro atoms. The largest absolute Gasteiger partial charge is 0.496 e. The fourth-order valence-corrected chi connectivity index (χ4v) is 6.32. The third-order valence-corrected chi connectivity index (χ3v) is 8.33. The van der Waals surface area contributed by atoms with Crippen molar-refractivity contribution < 1.29 is 19.1 Å². The van der Waals surface area contributed by atoms with Crippen LogP contribution in [-0.2, 0) is 17.6 Å². The number of ether oxygens (including phenoxy) is 2. The third-order valence-electron chi connectivity index (χ3n) is 7.90. The number of fused-ring (bicyclic) bond motifs is 3. The molecular weight excluding hydrogens is 577 g/mol. The number of carbonyl (C=O) groups is 2. The molecule has 2 N–H and O–H groups in total. The number of hydrogen-bond donors (Lipinski definition) is 1. The fraction of sp³-hybridized carbons (Fsp3) is 0.290. The van der Waals surface area contributed by atoms with E-state index in [1.807, 2.05) is 17.0 Å². The molecule has 216 valence electrons. The number of primary amides is 1. The molecule has 3 heterocycles. The molecule has 42 heavy (non-hydrogen) atoms. The SMILES string of the molecule is CCC1COCCN1C(=O)c1nn(-c2cc(Cl)cc(Cl)c2)c2c1CCc1cc(OC)c(-c3cncc(C(N)=O)c3)cc1-2. The number of morpholine rings is 1. The van der Waals surface area contributed by atoms with Gasteiger partial charge in [0, 0.05) is 51.2 Å². The Bertz CT molecular complexity index is 1700. The number of pyridine rings is 1. The molecule has 2 aromatic heterocycles. The van der Waals surface area contributed by atoms with Crippen LogP contribution in [0.2, 0.25) is 10.0 Å². The quantitative estimate of drug-likeness (QED) is 0.316. The summed E-state index contributed by atoms with van der Waals surface area (Å²) in [4.78, 5) is 32.1. The minimum absolute atomic E-state index is 0.0237. The van der Waals surface area contributed by atoms with E-state index in [1.54, 1.807) is 42.3 Å². The number of aryl methyl sites for hydroxylation is 1. The highest BCUT2D eigenvalue weighted by atomic mass is 35.5. The minimum Gasteiger partial charge on any atom is -0.496 e. The summed E-state index contributed by atoms with van der Waals surface area (Å²) in [6.45, 7) is 3.54. The Hall–Kier alpha value is -3.92. The van der Waals surface area contributed by atoms with Crippen molar-refractivity contribution in [2.45, 2.75) is 32.2 Å². The first kappa shape index (κ1) is 28.2. The Labute approximate surface area is 253 Å². The van der Waals surface area contributed by atoms with Crippen LogP contribution < -0.4 is 10.5 Å². The van der Waals surface area contributed by atoms with Crippen LogP contribution in [0.4, 0.5) is 0 Å².